The molecule has 2 aromatic heterocycles. The molecule has 0 unspecified atom stereocenters. The molecule has 0 aliphatic heterocycles. The smallest absolute Gasteiger partial charge is 0.337 e. The summed E-state index contributed by atoms with van der Waals surface area (Å²) in [7, 11) is 1.29. The van der Waals surface area contributed by atoms with Crippen molar-refractivity contribution in [2.45, 2.75) is 32.7 Å². The van der Waals surface area contributed by atoms with Gasteiger partial charge in [0.05, 0.1) is 18.1 Å². The number of nitrogens with zero attached hydrogens (tertiary/aromatic N) is 3. The molecule has 1 aromatic carbocycles. The van der Waals surface area contributed by atoms with Gasteiger partial charge in [0.25, 0.3) is 5.56 Å². The molecule has 0 radical (unpaired) electrons. The Morgan fingerprint density at radius 3 is 3.00 bits per heavy atom. The number of anilines is 1. The van der Waals surface area contributed by atoms with Crippen LogP contribution >= 0.6 is 11.3 Å². The first-order chi connectivity index (χ1) is 14.0. The van der Waals surface area contributed by atoms with Gasteiger partial charge in [-0.3, -0.25) is 9.59 Å². The topological polar surface area (TPSA) is 103 Å². The average molecular weight is 412 g/mol. The number of amides is 1. The minimum absolute atomic E-state index is 0.259. The molecule has 1 aliphatic carbocycles. The Hall–Kier alpha value is -3.07. The number of nitrogens with one attached hydrogen (secondary N) is 1. The van der Waals surface area contributed by atoms with E-state index in [0.717, 1.165) is 29.5 Å². The van der Waals surface area contributed by atoms with E-state index < -0.39 is 11.9 Å². The lowest BCUT2D eigenvalue weighted by atomic mass is 9.89. The molecule has 9 heteroatoms. The highest BCUT2D eigenvalue weighted by Crippen LogP contribution is 2.35. The fraction of sp³-hybridized carbons (Fsp3) is 0.350. The molecule has 2 heterocycles. The molecule has 0 saturated heterocycles. The predicted molar refractivity (Wildman–Crippen MR) is 109 cm³/mol. The Balaban J connectivity index is 1.57. The van der Waals surface area contributed by atoms with Gasteiger partial charge in [0.1, 0.15) is 6.54 Å². The fourth-order valence-electron chi connectivity index (χ4n) is 3.57. The van der Waals surface area contributed by atoms with Gasteiger partial charge < -0.3 is 10.1 Å². The van der Waals surface area contributed by atoms with Crippen LogP contribution in [0.2, 0.25) is 0 Å². The summed E-state index contributed by atoms with van der Waals surface area (Å²) in [5, 5.41) is 11.4. The SMILES string of the molecule is COC(=O)c1cccc(NC(=O)Cn2nnc3sc4c(c3c2=O)CC[C@@H](C)C4)c1. The second-order valence-electron chi connectivity index (χ2n) is 7.20. The molecule has 1 aliphatic rings. The number of thiophene rings is 1. The number of rotatable bonds is 4. The van der Waals surface area contributed by atoms with E-state index in [1.807, 2.05) is 0 Å². The van der Waals surface area contributed by atoms with Crippen molar-refractivity contribution in [3.05, 3.63) is 50.6 Å². The molecular weight excluding hydrogens is 392 g/mol. The van der Waals surface area contributed by atoms with Gasteiger partial charge in [0.2, 0.25) is 5.91 Å². The van der Waals surface area contributed by atoms with Crippen LogP contribution in [0.25, 0.3) is 10.2 Å². The molecule has 29 heavy (non-hydrogen) atoms. The molecule has 150 valence electrons. The Morgan fingerprint density at radius 2 is 2.21 bits per heavy atom. The maximum atomic E-state index is 12.9. The van der Waals surface area contributed by atoms with Crippen molar-refractivity contribution >= 4 is 39.1 Å². The second kappa shape index (κ2) is 7.75. The van der Waals surface area contributed by atoms with Gasteiger partial charge in [-0.1, -0.05) is 18.2 Å². The molecule has 4 rings (SSSR count). The summed E-state index contributed by atoms with van der Waals surface area (Å²) in [5.41, 5.74) is 1.52. The highest BCUT2D eigenvalue weighted by Gasteiger charge is 2.24. The van der Waals surface area contributed by atoms with Gasteiger partial charge >= 0.3 is 5.97 Å². The number of hydrogen-bond acceptors (Lipinski definition) is 7. The minimum Gasteiger partial charge on any atom is -0.465 e. The summed E-state index contributed by atoms with van der Waals surface area (Å²) in [6.07, 6.45) is 2.84. The van der Waals surface area contributed by atoms with E-state index in [0.29, 0.717) is 27.4 Å². The van der Waals surface area contributed by atoms with Crippen LogP contribution in [0.15, 0.2) is 29.1 Å². The second-order valence-corrected chi connectivity index (χ2v) is 8.29. The minimum atomic E-state index is -0.495. The summed E-state index contributed by atoms with van der Waals surface area (Å²) < 4.78 is 5.77. The van der Waals surface area contributed by atoms with Crippen molar-refractivity contribution in [2.24, 2.45) is 5.92 Å². The highest BCUT2D eigenvalue weighted by atomic mass is 32.1. The first-order valence-corrected chi connectivity index (χ1v) is 10.1. The Morgan fingerprint density at radius 1 is 1.38 bits per heavy atom. The third-order valence-electron chi connectivity index (χ3n) is 5.05. The lowest BCUT2D eigenvalue weighted by Crippen LogP contribution is -2.30. The Kier molecular flexibility index (Phi) is 5.14. The van der Waals surface area contributed by atoms with Crippen LogP contribution in [0.1, 0.15) is 34.1 Å². The number of ether oxygens (including phenoxy) is 1. The molecule has 3 aromatic rings. The van der Waals surface area contributed by atoms with Gasteiger partial charge in [-0.2, -0.15) is 0 Å². The molecule has 0 saturated carbocycles. The normalized spacial score (nSPS) is 15.7. The standard InChI is InChI=1S/C20H20N4O4S/c1-11-6-7-14-15(8-11)29-18-17(14)19(26)24(23-22-18)10-16(25)21-13-5-3-4-12(9-13)20(27)28-2/h3-5,9,11H,6-8,10H2,1-2H3,(H,21,25)/t11-/m1/s1. The van der Waals surface area contributed by atoms with Crippen LogP contribution in [0.3, 0.4) is 0 Å². The molecule has 1 atom stereocenters. The highest BCUT2D eigenvalue weighted by molar-refractivity contribution is 7.18. The van der Waals surface area contributed by atoms with Crippen molar-refractivity contribution in [1.29, 1.82) is 0 Å². The van der Waals surface area contributed by atoms with E-state index in [2.05, 4.69) is 27.3 Å². The van der Waals surface area contributed by atoms with Gasteiger partial charge in [0.15, 0.2) is 4.83 Å². The number of carbonyl (C=O) groups is 2. The van der Waals surface area contributed by atoms with Crippen molar-refractivity contribution in [2.75, 3.05) is 12.4 Å². The van der Waals surface area contributed by atoms with Crippen LogP contribution in [-0.2, 0) is 28.9 Å². The third-order valence-corrected chi connectivity index (χ3v) is 6.18. The first kappa shape index (κ1) is 19.3. The van der Waals surface area contributed by atoms with E-state index in [1.165, 1.54) is 29.4 Å². The molecule has 0 bridgehead atoms. The number of fused-ring (bicyclic) bond motifs is 3. The van der Waals surface area contributed by atoms with Crippen molar-refractivity contribution in [3.8, 4) is 0 Å². The van der Waals surface area contributed by atoms with Crippen LogP contribution < -0.4 is 10.9 Å². The number of methoxy groups -OCH3 is 1. The summed E-state index contributed by atoms with van der Waals surface area (Å²) in [5.74, 6) is -0.331. The number of esters is 1. The lowest BCUT2D eigenvalue weighted by Gasteiger charge is -2.17. The summed E-state index contributed by atoms with van der Waals surface area (Å²) in [4.78, 5) is 38.8. The van der Waals surface area contributed by atoms with Crippen molar-refractivity contribution in [1.82, 2.24) is 15.0 Å². The monoisotopic (exact) mass is 412 g/mol. The molecular formula is C20H20N4O4S. The maximum Gasteiger partial charge on any atom is 0.337 e. The van der Waals surface area contributed by atoms with E-state index in [9.17, 15) is 14.4 Å². The number of aryl methyl sites for hydroxylation is 1. The van der Waals surface area contributed by atoms with Gasteiger partial charge in [-0.25, -0.2) is 9.48 Å². The average Bonchev–Trinajstić information content (AvgIpc) is 3.07. The van der Waals surface area contributed by atoms with E-state index in [-0.39, 0.29) is 12.1 Å². The third kappa shape index (κ3) is 3.77. The molecule has 0 spiro atoms. The van der Waals surface area contributed by atoms with E-state index >= 15 is 0 Å². The maximum absolute atomic E-state index is 12.9. The molecule has 0 fully saturated rings. The summed E-state index contributed by atoms with van der Waals surface area (Å²) in [6, 6.07) is 6.39. The quantitative estimate of drug-likeness (QED) is 0.660. The summed E-state index contributed by atoms with van der Waals surface area (Å²) in [6.45, 7) is 1.95. The van der Waals surface area contributed by atoms with E-state index in [1.54, 1.807) is 18.2 Å². The first-order valence-electron chi connectivity index (χ1n) is 9.32. The van der Waals surface area contributed by atoms with Gasteiger partial charge in [-0.05, 0) is 48.9 Å². The summed E-state index contributed by atoms with van der Waals surface area (Å²) >= 11 is 1.52. The largest absolute Gasteiger partial charge is 0.465 e. The predicted octanol–water partition coefficient (Wildman–Crippen LogP) is 2.40. The molecule has 1 N–H and O–H groups in total. The van der Waals surface area contributed by atoms with Crippen LogP contribution in [0, 0.1) is 5.92 Å². The van der Waals surface area contributed by atoms with Crippen LogP contribution in [-0.4, -0.2) is 34.0 Å². The Bertz CT molecular complexity index is 1170. The number of benzene rings is 1. The zero-order chi connectivity index (χ0) is 20.5. The van der Waals surface area contributed by atoms with Crippen LogP contribution in [0.5, 0.6) is 0 Å². The fourth-order valence-corrected chi connectivity index (χ4v) is 4.89. The van der Waals surface area contributed by atoms with E-state index in [4.69, 9.17) is 0 Å². The lowest BCUT2D eigenvalue weighted by molar-refractivity contribution is -0.117. The molecule has 8 nitrogen and oxygen atoms in total. The Labute approximate surface area is 170 Å². The van der Waals surface area contributed by atoms with Gasteiger partial charge in [-0.15, -0.1) is 16.4 Å². The van der Waals surface area contributed by atoms with Gasteiger partial charge in [0, 0.05) is 10.6 Å². The van der Waals surface area contributed by atoms with Crippen LogP contribution in [0.4, 0.5) is 5.69 Å². The zero-order valence-electron chi connectivity index (χ0n) is 16.1. The zero-order valence-corrected chi connectivity index (χ0v) is 16.9. The number of hydrogen-bond donors (Lipinski definition) is 1. The number of aromatic nitrogens is 3. The molecule has 1 amide bonds. The number of carbonyl (C=O) groups excluding carboxylic acids is 2. The van der Waals surface area contributed by atoms with Crippen molar-refractivity contribution in [3.63, 3.8) is 0 Å². The van der Waals surface area contributed by atoms with Crippen molar-refractivity contribution < 1.29 is 14.3 Å².